The van der Waals surface area contributed by atoms with Crippen LogP contribution in [0.3, 0.4) is 0 Å². The number of benzene rings is 1. The summed E-state index contributed by atoms with van der Waals surface area (Å²) in [6, 6.07) is 6.47. The summed E-state index contributed by atoms with van der Waals surface area (Å²) < 4.78 is 0. The van der Waals surface area contributed by atoms with Crippen LogP contribution in [0.15, 0.2) is 18.2 Å². The summed E-state index contributed by atoms with van der Waals surface area (Å²) in [4.78, 5) is 14.4. The van der Waals surface area contributed by atoms with Crippen LogP contribution in [-0.2, 0) is 17.6 Å². The second-order valence-electron chi connectivity index (χ2n) is 5.15. The topological polar surface area (TPSA) is 20.3 Å². The molecule has 1 amide bonds. The van der Waals surface area contributed by atoms with Crippen molar-refractivity contribution in [3.63, 3.8) is 0 Å². The van der Waals surface area contributed by atoms with E-state index in [1.54, 1.807) is 0 Å². The van der Waals surface area contributed by atoms with E-state index in [1.165, 1.54) is 16.8 Å². The Morgan fingerprint density at radius 3 is 2.94 bits per heavy atom. The molecule has 1 aromatic rings. The highest BCUT2D eigenvalue weighted by atomic mass is 16.2. The van der Waals surface area contributed by atoms with Crippen molar-refractivity contribution in [2.24, 2.45) is 5.92 Å². The van der Waals surface area contributed by atoms with Gasteiger partial charge < -0.3 is 4.90 Å². The van der Waals surface area contributed by atoms with Gasteiger partial charge in [-0.05, 0) is 43.2 Å². The van der Waals surface area contributed by atoms with Crippen LogP contribution in [0.5, 0.6) is 0 Å². The zero-order valence-corrected chi connectivity index (χ0v) is 10.4. The van der Waals surface area contributed by atoms with Gasteiger partial charge in [0.2, 0.25) is 5.91 Å². The van der Waals surface area contributed by atoms with Gasteiger partial charge >= 0.3 is 0 Å². The molecule has 2 heteroatoms. The lowest BCUT2D eigenvalue weighted by Crippen LogP contribution is -2.37. The number of carbonyl (C=O) groups is 1. The summed E-state index contributed by atoms with van der Waals surface area (Å²) in [7, 11) is 0. The number of nitrogens with zero attached hydrogens (tertiary/aromatic N) is 1. The second-order valence-corrected chi connectivity index (χ2v) is 5.15. The molecule has 0 radical (unpaired) electrons. The fraction of sp³-hybridized carbons (Fsp3) is 0.533. The highest BCUT2D eigenvalue weighted by molar-refractivity contribution is 5.98. The van der Waals surface area contributed by atoms with Crippen molar-refractivity contribution in [3.8, 4) is 0 Å². The van der Waals surface area contributed by atoms with E-state index in [0.29, 0.717) is 11.8 Å². The molecular formula is C15H19NO. The maximum Gasteiger partial charge on any atom is 0.230 e. The monoisotopic (exact) mass is 229 g/mol. The molecular weight excluding hydrogens is 210 g/mol. The first kappa shape index (κ1) is 10.8. The molecule has 2 aliphatic rings. The molecule has 1 aromatic carbocycles. The summed E-state index contributed by atoms with van der Waals surface area (Å²) >= 11 is 0. The average molecular weight is 229 g/mol. The van der Waals surface area contributed by atoms with Crippen LogP contribution in [0, 0.1) is 5.92 Å². The lowest BCUT2D eigenvalue weighted by atomic mass is 9.96. The molecule has 0 aromatic heterocycles. The predicted octanol–water partition coefficient (Wildman–Crippen LogP) is 2.94. The first-order chi connectivity index (χ1) is 8.31. The van der Waals surface area contributed by atoms with Crippen molar-refractivity contribution in [2.45, 2.75) is 39.0 Å². The van der Waals surface area contributed by atoms with E-state index < -0.39 is 0 Å². The van der Waals surface area contributed by atoms with Gasteiger partial charge in [0.05, 0.1) is 0 Å². The van der Waals surface area contributed by atoms with Crippen molar-refractivity contribution >= 4 is 11.6 Å². The smallest absolute Gasteiger partial charge is 0.230 e. The number of para-hydroxylation sites is 1. The van der Waals surface area contributed by atoms with Crippen molar-refractivity contribution in [1.29, 1.82) is 0 Å². The third-order valence-corrected chi connectivity index (χ3v) is 3.87. The van der Waals surface area contributed by atoms with Gasteiger partial charge in [0.15, 0.2) is 0 Å². The van der Waals surface area contributed by atoms with Crippen molar-refractivity contribution in [2.75, 3.05) is 11.4 Å². The minimum atomic E-state index is 0.325. The normalized spacial score (nSPS) is 19.0. The summed E-state index contributed by atoms with van der Waals surface area (Å²) in [6.07, 6.45) is 5.44. The molecule has 2 nitrogen and oxygen atoms in total. The highest BCUT2D eigenvalue weighted by Gasteiger charge is 2.36. The predicted molar refractivity (Wildman–Crippen MR) is 69.2 cm³/mol. The molecule has 90 valence electrons. The summed E-state index contributed by atoms with van der Waals surface area (Å²) in [5.41, 5.74) is 3.93. The summed E-state index contributed by atoms with van der Waals surface area (Å²) in [6.45, 7) is 3.09. The van der Waals surface area contributed by atoms with Gasteiger partial charge in [0.25, 0.3) is 0 Å². The van der Waals surface area contributed by atoms with Gasteiger partial charge in [-0.25, -0.2) is 0 Å². The van der Waals surface area contributed by atoms with Crippen LogP contribution in [-0.4, -0.2) is 12.5 Å². The first-order valence-electron chi connectivity index (χ1n) is 6.73. The minimum Gasteiger partial charge on any atom is -0.312 e. The van der Waals surface area contributed by atoms with Gasteiger partial charge in [0.1, 0.15) is 0 Å². The third-order valence-electron chi connectivity index (χ3n) is 3.87. The standard InChI is InChI=1S/C15H19NO/c1-2-11-5-3-6-12-7-4-10-16(14(11)12)15(17)13-8-9-13/h3,5-6,13H,2,4,7-10H2,1H3. The zero-order valence-electron chi connectivity index (χ0n) is 10.4. The molecule has 0 unspecified atom stereocenters. The molecule has 0 atom stereocenters. The van der Waals surface area contributed by atoms with Crippen LogP contribution < -0.4 is 4.90 Å². The van der Waals surface area contributed by atoms with E-state index >= 15 is 0 Å². The maximum absolute atomic E-state index is 12.3. The van der Waals surface area contributed by atoms with Crippen molar-refractivity contribution in [1.82, 2.24) is 0 Å². The molecule has 1 aliphatic heterocycles. The Balaban J connectivity index is 2.01. The number of amides is 1. The number of rotatable bonds is 2. The SMILES string of the molecule is CCc1cccc2c1N(C(=O)C1CC1)CCC2. The van der Waals surface area contributed by atoms with Gasteiger partial charge in [0, 0.05) is 18.2 Å². The largest absolute Gasteiger partial charge is 0.312 e. The van der Waals surface area contributed by atoms with E-state index in [-0.39, 0.29) is 0 Å². The summed E-state index contributed by atoms with van der Waals surface area (Å²) in [5.74, 6) is 0.692. The second kappa shape index (κ2) is 4.17. The number of anilines is 1. The van der Waals surface area contributed by atoms with Crippen LogP contribution in [0.1, 0.15) is 37.3 Å². The first-order valence-corrected chi connectivity index (χ1v) is 6.73. The van der Waals surface area contributed by atoms with E-state index in [0.717, 1.165) is 38.6 Å². The molecule has 1 fully saturated rings. The van der Waals surface area contributed by atoms with Crippen LogP contribution >= 0.6 is 0 Å². The lowest BCUT2D eigenvalue weighted by molar-refractivity contribution is -0.119. The Bertz CT molecular complexity index is 434. The number of hydrogen-bond acceptors (Lipinski definition) is 1. The quantitative estimate of drug-likeness (QED) is 0.763. The molecule has 0 N–H and O–H groups in total. The fourth-order valence-electron chi connectivity index (χ4n) is 2.79. The van der Waals surface area contributed by atoms with Crippen LogP contribution in [0.4, 0.5) is 5.69 Å². The molecule has 0 spiro atoms. The Morgan fingerprint density at radius 1 is 1.41 bits per heavy atom. The van der Waals surface area contributed by atoms with Crippen molar-refractivity contribution < 1.29 is 4.79 Å². The minimum absolute atomic E-state index is 0.325. The van der Waals surface area contributed by atoms with Crippen LogP contribution in [0.2, 0.25) is 0 Å². The van der Waals surface area contributed by atoms with E-state index in [9.17, 15) is 4.79 Å². The third kappa shape index (κ3) is 1.86. The van der Waals surface area contributed by atoms with Gasteiger partial charge in [-0.2, -0.15) is 0 Å². The number of aryl methyl sites for hydroxylation is 2. The molecule has 1 aliphatic carbocycles. The van der Waals surface area contributed by atoms with Gasteiger partial charge in [-0.1, -0.05) is 25.1 Å². The zero-order chi connectivity index (χ0) is 11.8. The number of carbonyl (C=O) groups excluding carboxylic acids is 1. The molecule has 3 rings (SSSR count). The average Bonchev–Trinajstić information content (AvgIpc) is 3.20. The Morgan fingerprint density at radius 2 is 2.24 bits per heavy atom. The number of fused-ring (bicyclic) bond motifs is 1. The van der Waals surface area contributed by atoms with E-state index in [4.69, 9.17) is 0 Å². The maximum atomic E-state index is 12.3. The van der Waals surface area contributed by atoms with Gasteiger partial charge in [-0.15, -0.1) is 0 Å². The van der Waals surface area contributed by atoms with Gasteiger partial charge in [-0.3, -0.25) is 4.79 Å². The molecule has 1 saturated carbocycles. The molecule has 0 bridgehead atoms. The Kier molecular flexibility index (Phi) is 2.65. The lowest BCUT2D eigenvalue weighted by Gasteiger charge is -2.31. The van der Waals surface area contributed by atoms with Crippen molar-refractivity contribution in [3.05, 3.63) is 29.3 Å². The molecule has 17 heavy (non-hydrogen) atoms. The number of hydrogen-bond donors (Lipinski definition) is 0. The van der Waals surface area contributed by atoms with E-state index in [2.05, 4.69) is 30.0 Å². The van der Waals surface area contributed by atoms with Crippen LogP contribution in [0.25, 0.3) is 0 Å². The van der Waals surface area contributed by atoms with E-state index in [1.807, 2.05) is 0 Å². The molecule has 1 heterocycles. The molecule has 0 saturated heterocycles. The Hall–Kier alpha value is -1.31. The fourth-order valence-corrected chi connectivity index (χ4v) is 2.79. The Labute approximate surface area is 103 Å². The highest BCUT2D eigenvalue weighted by Crippen LogP contribution is 2.37. The summed E-state index contributed by atoms with van der Waals surface area (Å²) in [5, 5.41) is 0.